The molecule has 0 aliphatic carbocycles. The van der Waals surface area contributed by atoms with Gasteiger partial charge in [0.25, 0.3) is 5.91 Å². The number of rotatable bonds is 5. The highest BCUT2D eigenvalue weighted by molar-refractivity contribution is 6.08. The lowest BCUT2D eigenvalue weighted by Gasteiger charge is -2.18. The highest BCUT2D eigenvalue weighted by atomic mass is 16.5. The molecule has 1 aliphatic heterocycles. The molecule has 2 aromatic carbocycles. The monoisotopic (exact) mass is 339 g/mol. The molecule has 2 aromatic rings. The minimum atomic E-state index is -0.755. The fourth-order valence-electron chi connectivity index (χ4n) is 2.93. The van der Waals surface area contributed by atoms with Gasteiger partial charge in [-0.15, -0.1) is 0 Å². The summed E-state index contributed by atoms with van der Waals surface area (Å²) in [6, 6.07) is 14.0. The van der Waals surface area contributed by atoms with E-state index in [9.17, 15) is 9.59 Å². The van der Waals surface area contributed by atoms with E-state index < -0.39 is 6.04 Å². The lowest BCUT2D eigenvalue weighted by molar-refractivity contribution is -0.118. The molecule has 0 aromatic heterocycles. The number of carbonyl (C=O) groups excluding carboxylic acids is 2. The Hall–Kier alpha value is -2.70. The van der Waals surface area contributed by atoms with Crippen LogP contribution in [-0.2, 0) is 16.0 Å². The number of amides is 2. The number of nitrogens with zero attached hydrogens (tertiary/aromatic N) is 1. The van der Waals surface area contributed by atoms with Gasteiger partial charge in [-0.05, 0) is 36.2 Å². The van der Waals surface area contributed by atoms with Crippen molar-refractivity contribution in [2.45, 2.75) is 12.5 Å². The van der Waals surface area contributed by atoms with Gasteiger partial charge in [-0.3, -0.25) is 9.59 Å². The molecule has 3 rings (SSSR count). The van der Waals surface area contributed by atoms with Crippen molar-refractivity contribution in [3.05, 3.63) is 59.7 Å². The molecule has 0 saturated carbocycles. The summed E-state index contributed by atoms with van der Waals surface area (Å²) >= 11 is 0. The third-order valence-electron chi connectivity index (χ3n) is 4.19. The minimum Gasteiger partial charge on any atom is -0.383 e. The van der Waals surface area contributed by atoms with Crippen LogP contribution in [0.4, 0.5) is 11.4 Å². The average Bonchev–Trinajstić information content (AvgIpc) is 3.05. The van der Waals surface area contributed by atoms with Crippen molar-refractivity contribution in [3.63, 3.8) is 0 Å². The quantitative estimate of drug-likeness (QED) is 0.870. The Kier molecular flexibility index (Phi) is 5.11. The van der Waals surface area contributed by atoms with E-state index in [0.717, 1.165) is 12.1 Å². The van der Waals surface area contributed by atoms with E-state index in [2.05, 4.69) is 5.32 Å². The number of hydrogen-bond donors (Lipinski definition) is 2. The predicted octanol–water partition coefficient (Wildman–Crippen LogP) is 1.80. The highest BCUT2D eigenvalue weighted by Crippen LogP contribution is 2.29. The molecule has 1 heterocycles. The van der Waals surface area contributed by atoms with Crippen LogP contribution in [0, 0.1) is 0 Å². The lowest BCUT2D eigenvalue weighted by Crippen LogP contribution is -2.39. The third-order valence-corrected chi connectivity index (χ3v) is 4.19. The summed E-state index contributed by atoms with van der Waals surface area (Å²) in [5.41, 5.74) is 8.89. The molecular weight excluding hydrogens is 318 g/mol. The molecule has 3 N–H and O–H groups in total. The maximum absolute atomic E-state index is 12.9. The normalized spacial score (nSPS) is 14.1. The van der Waals surface area contributed by atoms with Gasteiger partial charge in [-0.2, -0.15) is 0 Å². The zero-order valence-electron chi connectivity index (χ0n) is 14.1. The van der Waals surface area contributed by atoms with Gasteiger partial charge in [-0.1, -0.05) is 24.3 Å². The largest absolute Gasteiger partial charge is 0.383 e. The van der Waals surface area contributed by atoms with Gasteiger partial charge in [0.15, 0.2) is 0 Å². The zero-order chi connectivity index (χ0) is 17.8. The molecule has 6 heteroatoms. The van der Waals surface area contributed by atoms with Crippen molar-refractivity contribution in [2.24, 2.45) is 5.73 Å². The molecule has 0 saturated heterocycles. The molecule has 0 spiro atoms. The minimum absolute atomic E-state index is 0.0813. The summed E-state index contributed by atoms with van der Waals surface area (Å²) in [5, 5.41) is 2.72. The van der Waals surface area contributed by atoms with E-state index in [-0.39, 0.29) is 18.4 Å². The van der Waals surface area contributed by atoms with Crippen LogP contribution >= 0.6 is 0 Å². The summed E-state index contributed by atoms with van der Waals surface area (Å²) in [5.74, 6) is -0.430. The second-order valence-corrected chi connectivity index (χ2v) is 5.97. The fourth-order valence-corrected chi connectivity index (χ4v) is 2.93. The predicted molar refractivity (Wildman–Crippen MR) is 96.7 cm³/mol. The third kappa shape index (κ3) is 3.70. The molecular formula is C19H21N3O3. The maximum Gasteiger partial charge on any atom is 0.258 e. The first-order chi connectivity index (χ1) is 12.1. The van der Waals surface area contributed by atoms with E-state index in [1.165, 1.54) is 12.7 Å². The first-order valence-electron chi connectivity index (χ1n) is 8.15. The molecule has 25 heavy (non-hydrogen) atoms. The summed E-state index contributed by atoms with van der Waals surface area (Å²) < 4.78 is 4.88. The molecule has 0 radical (unpaired) electrons. The number of fused-ring (bicyclic) bond motifs is 1. The fraction of sp³-hybridized carbons (Fsp3) is 0.263. The molecule has 1 unspecified atom stereocenters. The van der Waals surface area contributed by atoms with Crippen LogP contribution in [0.1, 0.15) is 15.9 Å². The number of methoxy groups -OCH3 is 1. The van der Waals surface area contributed by atoms with Crippen LogP contribution < -0.4 is 16.0 Å². The van der Waals surface area contributed by atoms with Crippen molar-refractivity contribution in [1.82, 2.24) is 0 Å². The number of benzene rings is 2. The van der Waals surface area contributed by atoms with Crippen LogP contribution in [0.5, 0.6) is 0 Å². The van der Waals surface area contributed by atoms with Crippen molar-refractivity contribution in [2.75, 3.05) is 30.5 Å². The summed E-state index contributed by atoms with van der Waals surface area (Å²) in [4.78, 5) is 26.6. The van der Waals surface area contributed by atoms with E-state index in [1.807, 2.05) is 24.3 Å². The van der Waals surface area contributed by atoms with Crippen LogP contribution in [0.2, 0.25) is 0 Å². The van der Waals surface area contributed by atoms with E-state index in [1.54, 1.807) is 29.2 Å². The molecule has 1 aliphatic rings. The molecule has 2 amide bonds. The van der Waals surface area contributed by atoms with Gasteiger partial charge >= 0.3 is 0 Å². The second kappa shape index (κ2) is 7.46. The SMILES string of the molecule is COCC(N)C(=O)Nc1cccc(C(=O)N2CCc3ccccc32)c1. The van der Waals surface area contributed by atoms with E-state index in [0.29, 0.717) is 17.8 Å². The number of anilines is 2. The van der Waals surface area contributed by atoms with Crippen LogP contribution in [-0.4, -0.2) is 38.1 Å². The number of nitrogens with two attached hydrogens (primary N) is 1. The molecule has 1 atom stereocenters. The van der Waals surface area contributed by atoms with E-state index >= 15 is 0 Å². The lowest BCUT2D eigenvalue weighted by atomic mass is 10.1. The van der Waals surface area contributed by atoms with Crippen molar-refractivity contribution in [3.8, 4) is 0 Å². The average molecular weight is 339 g/mol. The Morgan fingerprint density at radius 3 is 2.84 bits per heavy atom. The first kappa shape index (κ1) is 17.1. The number of carbonyl (C=O) groups is 2. The highest BCUT2D eigenvalue weighted by Gasteiger charge is 2.25. The standard InChI is InChI=1S/C19H21N3O3/c1-25-12-16(20)18(23)21-15-7-4-6-14(11-15)19(24)22-10-9-13-5-2-3-8-17(13)22/h2-8,11,16H,9-10,12,20H2,1H3,(H,21,23). The first-order valence-corrected chi connectivity index (χ1v) is 8.15. The summed E-state index contributed by atoms with van der Waals surface area (Å²) in [6.45, 7) is 0.794. The Balaban J connectivity index is 1.76. The van der Waals surface area contributed by atoms with Gasteiger partial charge in [0, 0.05) is 30.6 Å². The van der Waals surface area contributed by atoms with Gasteiger partial charge in [0.05, 0.1) is 6.61 Å². The second-order valence-electron chi connectivity index (χ2n) is 5.97. The Labute approximate surface area is 146 Å². The Morgan fingerprint density at radius 1 is 1.24 bits per heavy atom. The van der Waals surface area contributed by atoms with Crippen LogP contribution in [0.15, 0.2) is 48.5 Å². The number of nitrogens with one attached hydrogen (secondary N) is 1. The molecule has 130 valence electrons. The molecule has 0 bridgehead atoms. The Bertz CT molecular complexity index is 791. The van der Waals surface area contributed by atoms with Gasteiger partial charge in [0.2, 0.25) is 5.91 Å². The number of hydrogen-bond acceptors (Lipinski definition) is 4. The molecule has 0 fully saturated rings. The van der Waals surface area contributed by atoms with Crippen LogP contribution in [0.3, 0.4) is 0 Å². The van der Waals surface area contributed by atoms with Crippen molar-refractivity contribution < 1.29 is 14.3 Å². The van der Waals surface area contributed by atoms with Gasteiger partial charge in [0.1, 0.15) is 6.04 Å². The van der Waals surface area contributed by atoms with Crippen molar-refractivity contribution >= 4 is 23.2 Å². The van der Waals surface area contributed by atoms with Crippen molar-refractivity contribution in [1.29, 1.82) is 0 Å². The summed E-state index contributed by atoms with van der Waals surface area (Å²) in [7, 11) is 1.49. The topological polar surface area (TPSA) is 84.7 Å². The van der Waals surface area contributed by atoms with Gasteiger partial charge < -0.3 is 20.7 Å². The number of ether oxygens (including phenoxy) is 1. The van der Waals surface area contributed by atoms with Gasteiger partial charge in [-0.25, -0.2) is 0 Å². The number of para-hydroxylation sites is 1. The summed E-state index contributed by atoms with van der Waals surface area (Å²) in [6.07, 6.45) is 0.851. The zero-order valence-corrected chi connectivity index (χ0v) is 14.1. The smallest absolute Gasteiger partial charge is 0.258 e. The van der Waals surface area contributed by atoms with Crippen LogP contribution in [0.25, 0.3) is 0 Å². The Morgan fingerprint density at radius 2 is 2.04 bits per heavy atom. The maximum atomic E-state index is 12.9. The van der Waals surface area contributed by atoms with E-state index in [4.69, 9.17) is 10.5 Å². The molecule has 6 nitrogen and oxygen atoms in total.